The number of amides is 2. The van der Waals surface area contributed by atoms with Gasteiger partial charge in [-0.25, -0.2) is 4.98 Å². The number of fused-ring (bicyclic) bond motifs is 1. The van der Waals surface area contributed by atoms with Gasteiger partial charge in [0.2, 0.25) is 11.8 Å². The maximum Gasteiger partial charge on any atom is 0.227 e. The minimum absolute atomic E-state index is 0.0864. The average molecular weight is 434 g/mol. The Kier molecular flexibility index (Phi) is 5.48. The van der Waals surface area contributed by atoms with Crippen LogP contribution in [0, 0.1) is 12.8 Å². The molecule has 2 fully saturated rings. The molecule has 1 aromatic heterocycles. The molecule has 2 aromatic carbocycles. The molecular formula is C25H27N3O2S. The first-order valence-corrected chi connectivity index (χ1v) is 11.9. The molecule has 3 aromatic rings. The second-order valence-corrected chi connectivity index (χ2v) is 9.84. The lowest BCUT2D eigenvalue weighted by Crippen LogP contribution is -2.42. The van der Waals surface area contributed by atoms with Gasteiger partial charge in [0, 0.05) is 38.5 Å². The third-order valence-electron chi connectivity index (χ3n) is 6.52. The predicted octanol–water partition coefficient (Wildman–Crippen LogP) is 4.36. The topological polar surface area (TPSA) is 53.5 Å². The lowest BCUT2D eigenvalue weighted by molar-refractivity contribution is -0.136. The molecule has 3 heterocycles. The Balaban J connectivity index is 1.17. The van der Waals surface area contributed by atoms with Crippen LogP contribution in [0.3, 0.4) is 0 Å². The molecule has 0 aliphatic carbocycles. The van der Waals surface area contributed by atoms with E-state index in [0.29, 0.717) is 25.4 Å². The Morgan fingerprint density at radius 3 is 2.58 bits per heavy atom. The summed E-state index contributed by atoms with van der Waals surface area (Å²) in [4.78, 5) is 34.2. The lowest BCUT2D eigenvalue weighted by Gasteiger charge is -2.32. The first-order valence-electron chi connectivity index (χ1n) is 11.0. The first kappa shape index (κ1) is 20.2. The zero-order valence-corrected chi connectivity index (χ0v) is 18.6. The van der Waals surface area contributed by atoms with Crippen LogP contribution in [-0.2, 0) is 16.1 Å². The predicted molar refractivity (Wildman–Crippen MR) is 123 cm³/mol. The maximum absolute atomic E-state index is 13.1. The molecule has 160 valence electrons. The van der Waals surface area contributed by atoms with Gasteiger partial charge >= 0.3 is 0 Å². The summed E-state index contributed by atoms with van der Waals surface area (Å²) in [6, 6.07) is 16.5. The van der Waals surface area contributed by atoms with E-state index in [1.807, 2.05) is 15.9 Å². The minimum Gasteiger partial charge on any atom is -0.342 e. The number of thiazole rings is 1. The highest BCUT2D eigenvalue weighted by atomic mass is 32.1. The Bertz CT molecular complexity index is 1070. The molecule has 5 nitrogen and oxygen atoms in total. The summed E-state index contributed by atoms with van der Waals surface area (Å²) in [5.74, 6) is 0.437. The van der Waals surface area contributed by atoms with Gasteiger partial charge in [0.1, 0.15) is 0 Å². The number of likely N-dealkylation sites (tertiary alicyclic amines) is 2. The number of aromatic nitrogens is 1. The van der Waals surface area contributed by atoms with Crippen LogP contribution >= 0.6 is 11.3 Å². The van der Waals surface area contributed by atoms with Crippen molar-refractivity contribution >= 4 is 33.4 Å². The molecule has 0 N–H and O–H groups in total. The van der Waals surface area contributed by atoms with E-state index in [1.165, 1.54) is 15.3 Å². The number of carbonyl (C=O) groups is 2. The van der Waals surface area contributed by atoms with Crippen LogP contribution < -0.4 is 0 Å². The van der Waals surface area contributed by atoms with Crippen LogP contribution in [0.25, 0.3) is 10.2 Å². The van der Waals surface area contributed by atoms with Crippen molar-refractivity contribution in [2.24, 2.45) is 5.92 Å². The molecule has 2 aliphatic rings. The Hall–Kier alpha value is -2.73. The van der Waals surface area contributed by atoms with Gasteiger partial charge in [0.15, 0.2) is 0 Å². The van der Waals surface area contributed by atoms with Gasteiger partial charge in [-0.05, 0) is 37.5 Å². The number of carbonyl (C=O) groups excluding carboxylic acids is 2. The number of hydrogen-bond donors (Lipinski definition) is 0. The van der Waals surface area contributed by atoms with E-state index in [9.17, 15) is 9.59 Å². The smallest absolute Gasteiger partial charge is 0.227 e. The van der Waals surface area contributed by atoms with Gasteiger partial charge in [-0.1, -0.05) is 42.0 Å². The van der Waals surface area contributed by atoms with Gasteiger partial charge in [0.25, 0.3) is 0 Å². The Morgan fingerprint density at radius 1 is 1.10 bits per heavy atom. The largest absolute Gasteiger partial charge is 0.342 e. The normalized spacial score (nSPS) is 20.0. The number of hydrogen-bond acceptors (Lipinski definition) is 4. The fourth-order valence-corrected chi connectivity index (χ4v) is 5.81. The van der Waals surface area contributed by atoms with Gasteiger partial charge in [0.05, 0.1) is 21.1 Å². The van der Waals surface area contributed by atoms with E-state index in [-0.39, 0.29) is 17.7 Å². The lowest BCUT2D eigenvalue weighted by atomic mass is 9.96. The number of benzene rings is 2. The summed E-state index contributed by atoms with van der Waals surface area (Å²) in [6.07, 6.45) is 2.22. The molecule has 0 bridgehead atoms. The summed E-state index contributed by atoms with van der Waals surface area (Å²) < 4.78 is 1.23. The maximum atomic E-state index is 13.1. The highest BCUT2D eigenvalue weighted by Crippen LogP contribution is 2.34. The molecule has 2 amide bonds. The second-order valence-electron chi connectivity index (χ2n) is 8.78. The molecule has 5 rings (SSSR count). The van der Waals surface area contributed by atoms with Crippen LogP contribution in [0.2, 0.25) is 0 Å². The van der Waals surface area contributed by atoms with Crippen molar-refractivity contribution in [3.05, 3.63) is 64.7 Å². The summed E-state index contributed by atoms with van der Waals surface area (Å²) >= 11 is 1.78. The number of piperidine rings is 1. The van der Waals surface area contributed by atoms with E-state index in [4.69, 9.17) is 4.98 Å². The van der Waals surface area contributed by atoms with Crippen LogP contribution in [0.15, 0.2) is 48.5 Å². The van der Waals surface area contributed by atoms with Gasteiger partial charge < -0.3 is 9.80 Å². The molecule has 31 heavy (non-hydrogen) atoms. The van der Waals surface area contributed by atoms with E-state index in [1.54, 1.807) is 11.3 Å². The highest BCUT2D eigenvalue weighted by Gasteiger charge is 2.37. The van der Waals surface area contributed by atoms with Crippen molar-refractivity contribution in [3.63, 3.8) is 0 Å². The number of para-hydroxylation sites is 1. The van der Waals surface area contributed by atoms with Gasteiger partial charge in [-0.3, -0.25) is 9.59 Å². The van der Waals surface area contributed by atoms with E-state index in [0.717, 1.165) is 37.0 Å². The van der Waals surface area contributed by atoms with Crippen LogP contribution in [0.1, 0.15) is 41.3 Å². The third-order valence-corrected chi connectivity index (χ3v) is 7.72. The fourth-order valence-electron chi connectivity index (χ4n) is 4.67. The van der Waals surface area contributed by atoms with Crippen LogP contribution in [0.4, 0.5) is 0 Å². The average Bonchev–Trinajstić information content (AvgIpc) is 3.38. The number of aryl methyl sites for hydroxylation is 1. The Labute approximate surface area is 186 Å². The van der Waals surface area contributed by atoms with E-state index >= 15 is 0 Å². The molecule has 0 spiro atoms. The van der Waals surface area contributed by atoms with Crippen molar-refractivity contribution in [3.8, 4) is 0 Å². The molecular weight excluding hydrogens is 406 g/mol. The van der Waals surface area contributed by atoms with Crippen LogP contribution in [0.5, 0.6) is 0 Å². The zero-order valence-electron chi connectivity index (χ0n) is 17.8. The molecule has 6 heteroatoms. The number of nitrogens with zero attached hydrogens (tertiary/aromatic N) is 3. The summed E-state index contributed by atoms with van der Waals surface area (Å²) in [5.41, 5.74) is 3.39. The highest BCUT2D eigenvalue weighted by molar-refractivity contribution is 7.18. The molecule has 2 saturated heterocycles. The van der Waals surface area contributed by atoms with Gasteiger partial charge in [-0.15, -0.1) is 11.3 Å². The van der Waals surface area contributed by atoms with Gasteiger partial charge in [-0.2, -0.15) is 0 Å². The van der Waals surface area contributed by atoms with Crippen molar-refractivity contribution in [2.75, 3.05) is 19.6 Å². The van der Waals surface area contributed by atoms with Crippen molar-refractivity contribution in [1.29, 1.82) is 0 Å². The quantitative estimate of drug-likeness (QED) is 0.614. The molecule has 0 radical (unpaired) electrons. The monoisotopic (exact) mass is 433 g/mol. The van der Waals surface area contributed by atoms with Crippen molar-refractivity contribution in [2.45, 2.75) is 38.6 Å². The molecule has 1 unspecified atom stereocenters. The minimum atomic E-state index is -0.211. The molecule has 0 saturated carbocycles. The second kappa shape index (κ2) is 8.42. The summed E-state index contributed by atoms with van der Waals surface area (Å²) in [6.45, 7) is 4.68. The third kappa shape index (κ3) is 4.22. The summed E-state index contributed by atoms with van der Waals surface area (Å²) in [5, 5.41) is 1.19. The SMILES string of the molecule is Cc1ccc(CN2CC(C(=O)N3CCC(c4nc5ccccc5s4)CC3)CC2=O)cc1. The standard InChI is InChI=1S/C25H27N3O2S/c1-17-6-8-18(9-7-17)15-28-16-20(14-23(28)29)25(30)27-12-10-19(11-13-27)24-26-21-4-2-3-5-22(21)31-24/h2-9,19-20H,10-16H2,1H3. The zero-order chi connectivity index (χ0) is 21.4. The summed E-state index contributed by atoms with van der Waals surface area (Å²) in [7, 11) is 0. The van der Waals surface area contributed by atoms with E-state index < -0.39 is 0 Å². The number of rotatable bonds is 4. The first-order chi connectivity index (χ1) is 15.1. The molecule has 1 atom stereocenters. The van der Waals surface area contributed by atoms with Crippen molar-refractivity contribution < 1.29 is 9.59 Å². The fraction of sp³-hybridized carbons (Fsp3) is 0.400. The van der Waals surface area contributed by atoms with Crippen molar-refractivity contribution in [1.82, 2.24) is 14.8 Å². The van der Waals surface area contributed by atoms with Crippen LogP contribution in [-0.4, -0.2) is 46.2 Å². The van der Waals surface area contributed by atoms with E-state index in [2.05, 4.69) is 49.4 Å². The Morgan fingerprint density at radius 2 is 1.84 bits per heavy atom. The molecule has 2 aliphatic heterocycles.